The second kappa shape index (κ2) is 11.4. The fourth-order valence-corrected chi connectivity index (χ4v) is 2.13. The van der Waals surface area contributed by atoms with Crippen molar-refractivity contribution in [3.05, 3.63) is 0 Å². The van der Waals surface area contributed by atoms with Gasteiger partial charge in [-0.25, -0.2) is 0 Å². The van der Waals surface area contributed by atoms with Gasteiger partial charge in [0.2, 0.25) is 0 Å². The van der Waals surface area contributed by atoms with E-state index in [4.69, 9.17) is 10.5 Å². The molecule has 0 spiro atoms. The normalized spacial score (nSPS) is 11.6. The molecule has 0 radical (unpaired) electrons. The van der Waals surface area contributed by atoms with Crippen LogP contribution in [0.25, 0.3) is 0 Å². The van der Waals surface area contributed by atoms with E-state index < -0.39 is 0 Å². The first kappa shape index (κ1) is 15.9. The number of nitrogens with two attached hydrogens (primary N) is 1. The molecule has 0 aromatic heterocycles. The molecule has 0 heterocycles. The van der Waals surface area contributed by atoms with E-state index in [0.29, 0.717) is 6.04 Å². The molecule has 2 N–H and O–H groups in total. The van der Waals surface area contributed by atoms with E-state index in [2.05, 4.69) is 18.7 Å². The van der Waals surface area contributed by atoms with Gasteiger partial charge in [-0.15, -0.1) is 0 Å². The van der Waals surface area contributed by atoms with Gasteiger partial charge in [0, 0.05) is 19.7 Å². The Morgan fingerprint density at radius 2 is 1.75 bits per heavy atom. The first-order chi connectivity index (χ1) is 7.79. The van der Waals surface area contributed by atoms with Gasteiger partial charge >= 0.3 is 0 Å². The molecule has 0 atom stereocenters. The van der Waals surface area contributed by atoms with E-state index in [0.717, 1.165) is 26.1 Å². The minimum Gasteiger partial charge on any atom is -0.383 e. The van der Waals surface area contributed by atoms with Gasteiger partial charge in [0.1, 0.15) is 0 Å². The summed E-state index contributed by atoms with van der Waals surface area (Å²) < 4.78 is 5.18. The predicted molar refractivity (Wildman–Crippen MR) is 70.7 cm³/mol. The summed E-state index contributed by atoms with van der Waals surface area (Å²) in [6.07, 6.45) is 6.13. The average Bonchev–Trinajstić information content (AvgIpc) is 2.31. The summed E-state index contributed by atoms with van der Waals surface area (Å²) in [6.45, 7) is 8.46. The second-order valence-electron chi connectivity index (χ2n) is 4.35. The van der Waals surface area contributed by atoms with Crippen LogP contribution in [0.3, 0.4) is 0 Å². The van der Waals surface area contributed by atoms with Gasteiger partial charge in [-0.3, -0.25) is 4.90 Å². The molecular weight excluding hydrogens is 200 g/mol. The molecule has 3 nitrogen and oxygen atoms in total. The standard InChI is InChI=1S/C13H30N2O/c1-4-13(5-2)15(11-12-16-3)10-8-6-7-9-14/h13H,4-12,14H2,1-3H3. The first-order valence-electron chi connectivity index (χ1n) is 6.73. The molecule has 0 aliphatic rings. The SMILES string of the molecule is CCC(CC)N(CCCCCN)CCOC. The summed E-state index contributed by atoms with van der Waals surface area (Å²) in [5.41, 5.74) is 5.50. The zero-order valence-corrected chi connectivity index (χ0v) is 11.4. The monoisotopic (exact) mass is 230 g/mol. The molecule has 0 bridgehead atoms. The van der Waals surface area contributed by atoms with Crippen molar-refractivity contribution in [2.45, 2.75) is 52.0 Å². The smallest absolute Gasteiger partial charge is 0.0589 e. The molecule has 16 heavy (non-hydrogen) atoms. The van der Waals surface area contributed by atoms with Crippen molar-refractivity contribution in [1.29, 1.82) is 0 Å². The minimum absolute atomic E-state index is 0.716. The molecule has 0 amide bonds. The molecule has 0 unspecified atom stereocenters. The Bertz CT molecular complexity index is 138. The molecule has 0 fully saturated rings. The molecule has 0 saturated heterocycles. The maximum absolute atomic E-state index is 5.50. The van der Waals surface area contributed by atoms with Crippen LogP contribution in [0.4, 0.5) is 0 Å². The van der Waals surface area contributed by atoms with E-state index in [9.17, 15) is 0 Å². The lowest BCUT2D eigenvalue weighted by molar-refractivity contribution is 0.114. The summed E-state index contributed by atoms with van der Waals surface area (Å²) in [5, 5.41) is 0. The highest BCUT2D eigenvalue weighted by Crippen LogP contribution is 2.10. The van der Waals surface area contributed by atoms with E-state index in [-0.39, 0.29) is 0 Å². The predicted octanol–water partition coefficient (Wildman–Crippen LogP) is 2.25. The summed E-state index contributed by atoms with van der Waals surface area (Å²) in [4.78, 5) is 2.57. The van der Waals surface area contributed by atoms with Crippen LogP contribution in [0.15, 0.2) is 0 Å². The van der Waals surface area contributed by atoms with Gasteiger partial charge in [-0.05, 0) is 38.8 Å². The Hall–Kier alpha value is -0.120. The number of hydrogen-bond donors (Lipinski definition) is 1. The van der Waals surface area contributed by atoms with Crippen LogP contribution < -0.4 is 5.73 Å². The topological polar surface area (TPSA) is 38.5 Å². The molecule has 0 saturated carbocycles. The van der Waals surface area contributed by atoms with E-state index in [1.807, 2.05) is 0 Å². The first-order valence-corrected chi connectivity index (χ1v) is 6.73. The maximum Gasteiger partial charge on any atom is 0.0589 e. The largest absolute Gasteiger partial charge is 0.383 e. The number of nitrogens with zero attached hydrogens (tertiary/aromatic N) is 1. The highest BCUT2D eigenvalue weighted by Gasteiger charge is 2.13. The number of methoxy groups -OCH3 is 1. The van der Waals surface area contributed by atoms with Gasteiger partial charge in [0.05, 0.1) is 6.61 Å². The van der Waals surface area contributed by atoms with Crippen LogP contribution in [0.5, 0.6) is 0 Å². The number of hydrogen-bond acceptors (Lipinski definition) is 3. The number of rotatable bonds is 11. The van der Waals surface area contributed by atoms with Gasteiger partial charge < -0.3 is 10.5 Å². The van der Waals surface area contributed by atoms with E-state index in [1.54, 1.807) is 7.11 Å². The molecule has 98 valence electrons. The van der Waals surface area contributed by atoms with E-state index in [1.165, 1.54) is 32.2 Å². The Labute approximate surface area is 101 Å². The Morgan fingerprint density at radius 3 is 2.25 bits per heavy atom. The molecule has 0 aliphatic carbocycles. The van der Waals surface area contributed by atoms with Crippen LogP contribution in [-0.2, 0) is 4.74 Å². The average molecular weight is 230 g/mol. The van der Waals surface area contributed by atoms with Crippen molar-refractivity contribution in [3.63, 3.8) is 0 Å². The molecule has 3 heteroatoms. The van der Waals surface area contributed by atoms with Crippen LogP contribution in [-0.4, -0.2) is 44.3 Å². The van der Waals surface area contributed by atoms with Crippen molar-refractivity contribution in [2.75, 3.05) is 33.4 Å². The van der Waals surface area contributed by atoms with Crippen molar-refractivity contribution >= 4 is 0 Å². The third-order valence-corrected chi connectivity index (χ3v) is 3.19. The Kier molecular flexibility index (Phi) is 11.3. The van der Waals surface area contributed by atoms with Crippen molar-refractivity contribution in [3.8, 4) is 0 Å². The summed E-state index contributed by atoms with van der Waals surface area (Å²) in [5.74, 6) is 0. The lowest BCUT2D eigenvalue weighted by atomic mass is 10.1. The van der Waals surface area contributed by atoms with Crippen molar-refractivity contribution < 1.29 is 4.74 Å². The molecule has 0 aliphatic heterocycles. The quantitative estimate of drug-likeness (QED) is 0.553. The van der Waals surface area contributed by atoms with E-state index >= 15 is 0 Å². The van der Waals surface area contributed by atoms with Crippen LogP contribution in [0, 0.1) is 0 Å². The van der Waals surface area contributed by atoms with Gasteiger partial charge in [-0.1, -0.05) is 20.3 Å². The van der Waals surface area contributed by atoms with Crippen molar-refractivity contribution in [1.82, 2.24) is 4.90 Å². The number of unbranched alkanes of at least 4 members (excludes halogenated alkanes) is 2. The Morgan fingerprint density at radius 1 is 1.06 bits per heavy atom. The minimum atomic E-state index is 0.716. The highest BCUT2D eigenvalue weighted by molar-refractivity contribution is 4.69. The molecular formula is C13H30N2O. The zero-order valence-electron chi connectivity index (χ0n) is 11.4. The summed E-state index contributed by atoms with van der Waals surface area (Å²) >= 11 is 0. The summed E-state index contributed by atoms with van der Waals surface area (Å²) in [7, 11) is 1.78. The maximum atomic E-state index is 5.50. The van der Waals surface area contributed by atoms with Gasteiger partial charge in [-0.2, -0.15) is 0 Å². The molecule has 0 aromatic rings. The third kappa shape index (κ3) is 7.20. The lowest BCUT2D eigenvalue weighted by Gasteiger charge is -2.30. The second-order valence-corrected chi connectivity index (χ2v) is 4.35. The molecule has 0 aromatic carbocycles. The number of ether oxygens (including phenoxy) is 1. The fourth-order valence-electron chi connectivity index (χ4n) is 2.13. The van der Waals surface area contributed by atoms with Gasteiger partial charge in [0.15, 0.2) is 0 Å². The Balaban J connectivity index is 3.88. The van der Waals surface area contributed by atoms with Crippen LogP contribution in [0.2, 0.25) is 0 Å². The summed E-state index contributed by atoms with van der Waals surface area (Å²) in [6, 6.07) is 0.716. The fraction of sp³-hybridized carbons (Fsp3) is 1.00. The van der Waals surface area contributed by atoms with Crippen LogP contribution >= 0.6 is 0 Å². The third-order valence-electron chi connectivity index (χ3n) is 3.19. The van der Waals surface area contributed by atoms with Gasteiger partial charge in [0.25, 0.3) is 0 Å². The molecule has 0 rings (SSSR count). The van der Waals surface area contributed by atoms with Crippen LogP contribution in [0.1, 0.15) is 46.0 Å². The zero-order chi connectivity index (χ0) is 12.2. The van der Waals surface area contributed by atoms with Crippen molar-refractivity contribution in [2.24, 2.45) is 5.73 Å². The highest BCUT2D eigenvalue weighted by atomic mass is 16.5. The lowest BCUT2D eigenvalue weighted by Crippen LogP contribution is -2.37.